The highest BCUT2D eigenvalue weighted by Gasteiger charge is 2.09. The van der Waals surface area contributed by atoms with Gasteiger partial charge in [0.05, 0.1) is 0 Å². The van der Waals surface area contributed by atoms with Crippen LogP contribution >= 0.6 is 0 Å². The van der Waals surface area contributed by atoms with Crippen molar-refractivity contribution in [3.8, 4) is 0 Å². The van der Waals surface area contributed by atoms with Crippen LogP contribution in [0.2, 0.25) is 0 Å². The summed E-state index contributed by atoms with van der Waals surface area (Å²) >= 11 is 0. The summed E-state index contributed by atoms with van der Waals surface area (Å²) in [5, 5.41) is 4.91. The summed E-state index contributed by atoms with van der Waals surface area (Å²) < 4.78 is 2.20. The summed E-state index contributed by atoms with van der Waals surface area (Å²) in [4.78, 5) is 0. The normalized spacial score (nSPS) is 12.2. The molecule has 0 aliphatic rings. The Kier molecular flexibility index (Phi) is 3.76. The summed E-state index contributed by atoms with van der Waals surface area (Å²) in [7, 11) is 2.11. The van der Waals surface area contributed by atoms with E-state index in [-0.39, 0.29) is 0 Å². The van der Waals surface area contributed by atoms with Gasteiger partial charge in [-0.3, -0.25) is 0 Å². The van der Waals surface area contributed by atoms with Crippen LogP contribution in [-0.4, -0.2) is 11.1 Å². The minimum atomic E-state index is 0.408. The summed E-state index contributed by atoms with van der Waals surface area (Å²) in [6.07, 6.45) is 3.44. The molecule has 2 nitrogen and oxygen atoms in total. The van der Waals surface area contributed by atoms with E-state index in [9.17, 15) is 0 Å². The monoisotopic (exact) mass is 244 g/mol. The Hall–Kier alpha value is -1.28. The number of para-hydroxylation sites is 1. The molecule has 0 bridgehead atoms. The van der Waals surface area contributed by atoms with Crippen molar-refractivity contribution in [1.29, 1.82) is 0 Å². The third kappa shape index (κ3) is 3.14. The van der Waals surface area contributed by atoms with Gasteiger partial charge in [0.25, 0.3) is 0 Å². The Balaban J connectivity index is 2.00. The number of nitrogens with one attached hydrogen (secondary N) is 1. The Morgan fingerprint density at radius 2 is 1.89 bits per heavy atom. The zero-order valence-electron chi connectivity index (χ0n) is 12.0. The second-order valence-electron chi connectivity index (χ2n) is 6.27. The number of hydrogen-bond donors (Lipinski definition) is 1. The molecule has 0 saturated carbocycles. The first-order chi connectivity index (χ1) is 8.47. The Labute approximate surface area is 110 Å². The van der Waals surface area contributed by atoms with Gasteiger partial charge in [-0.25, -0.2) is 0 Å². The van der Waals surface area contributed by atoms with Gasteiger partial charge in [-0.2, -0.15) is 0 Å². The first kappa shape index (κ1) is 13.2. The number of aryl methyl sites for hydroxylation is 1. The highest BCUT2D eigenvalue weighted by atomic mass is 14.9. The molecule has 0 aliphatic heterocycles. The minimum absolute atomic E-state index is 0.408. The number of nitrogens with zero attached hydrogens (tertiary/aromatic N) is 1. The van der Waals surface area contributed by atoms with Crippen molar-refractivity contribution in [2.45, 2.75) is 33.7 Å². The fraction of sp³-hybridized carbons (Fsp3) is 0.500. The highest BCUT2D eigenvalue weighted by molar-refractivity contribution is 5.83. The average Bonchev–Trinajstić information content (AvgIpc) is 2.62. The molecule has 0 atom stereocenters. The van der Waals surface area contributed by atoms with E-state index in [4.69, 9.17) is 0 Å². The Morgan fingerprint density at radius 3 is 2.61 bits per heavy atom. The number of benzene rings is 1. The summed E-state index contributed by atoms with van der Waals surface area (Å²) in [5.41, 5.74) is 3.11. The van der Waals surface area contributed by atoms with Crippen molar-refractivity contribution in [1.82, 2.24) is 9.88 Å². The highest BCUT2D eigenvalue weighted by Crippen LogP contribution is 2.20. The molecule has 1 N–H and O–H groups in total. The number of hydrogen-bond acceptors (Lipinski definition) is 1. The molecule has 0 saturated heterocycles. The quantitative estimate of drug-likeness (QED) is 0.811. The van der Waals surface area contributed by atoms with Gasteiger partial charge in [-0.05, 0) is 30.0 Å². The lowest BCUT2D eigenvalue weighted by Crippen LogP contribution is -2.20. The number of fused-ring (bicyclic) bond motifs is 1. The van der Waals surface area contributed by atoms with E-state index in [0.717, 1.165) is 13.1 Å². The third-order valence-electron chi connectivity index (χ3n) is 3.35. The van der Waals surface area contributed by atoms with E-state index in [1.54, 1.807) is 0 Å². The molecule has 0 fully saturated rings. The predicted octanol–water partition coefficient (Wildman–Crippen LogP) is 3.70. The van der Waals surface area contributed by atoms with Gasteiger partial charge in [0.15, 0.2) is 0 Å². The van der Waals surface area contributed by atoms with Crippen molar-refractivity contribution >= 4 is 10.9 Å². The van der Waals surface area contributed by atoms with Gasteiger partial charge in [0.1, 0.15) is 0 Å². The van der Waals surface area contributed by atoms with Crippen LogP contribution in [0.3, 0.4) is 0 Å². The molecule has 0 radical (unpaired) electrons. The maximum Gasteiger partial charge on any atom is 0.0481 e. The van der Waals surface area contributed by atoms with Crippen LogP contribution < -0.4 is 5.32 Å². The molecule has 98 valence electrons. The van der Waals surface area contributed by atoms with E-state index in [1.807, 2.05) is 0 Å². The Bertz CT molecular complexity index is 517. The summed E-state index contributed by atoms with van der Waals surface area (Å²) in [6, 6.07) is 8.59. The van der Waals surface area contributed by atoms with Crippen LogP contribution in [0.15, 0.2) is 30.5 Å². The number of rotatable bonds is 4. The van der Waals surface area contributed by atoms with Gasteiger partial charge in [-0.15, -0.1) is 0 Å². The third-order valence-corrected chi connectivity index (χ3v) is 3.35. The molecule has 0 unspecified atom stereocenters. The maximum absolute atomic E-state index is 3.55. The van der Waals surface area contributed by atoms with Crippen LogP contribution in [0.5, 0.6) is 0 Å². The SMILES string of the molecule is Cn1cc(CNCCC(C)(C)C)c2ccccc21. The van der Waals surface area contributed by atoms with Gasteiger partial charge < -0.3 is 9.88 Å². The molecule has 0 amide bonds. The maximum atomic E-state index is 3.55. The molecule has 18 heavy (non-hydrogen) atoms. The van der Waals surface area contributed by atoms with Crippen molar-refractivity contribution in [3.05, 3.63) is 36.0 Å². The smallest absolute Gasteiger partial charge is 0.0481 e. The van der Waals surface area contributed by atoms with Gasteiger partial charge in [0, 0.05) is 30.7 Å². The molecule has 2 heteroatoms. The molecule has 0 aliphatic carbocycles. The van der Waals surface area contributed by atoms with Crippen molar-refractivity contribution in [3.63, 3.8) is 0 Å². The average molecular weight is 244 g/mol. The van der Waals surface area contributed by atoms with E-state index in [1.165, 1.54) is 22.9 Å². The summed E-state index contributed by atoms with van der Waals surface area (Å²) in [5.74, 6) is 0. The predicted molar refractivity (Wildman–Crippen MR) is 78.7 cm³/mol. The van der Waals surface area contributed by atoms with Crippen molar-refractivity contribution in [2.24, 2.45) is 12.5 Å². The summed E-state index contributed by atoms with van der Waals surface area (Å²) in [6.45, 7) is 8.88. The van der Waals surface area contributed by atoms with E-state index < -0.39 is 0 Å². The lowest BCUT2D eigenvalue weighted by molar-refractivity contribution is 0.367. The number of aromatic nitrogens is 1. The fourth-order valence-electron chi connectivity index (χ4n) is 2.25. The zero-order valence-corrected chi connectivity index (χ0v) is 12.0. The van der Waals surface area contributed by atoms with E-state index in [2.05, 4.69) is 68.2 Å². The van der Waals surface area contributed by atoms with Gasteiger partial charge in [-0.1, -0.05) is 39.0 Å². The van der Waals surface area contributed by atoms with Crippen LogP contribution in [0.1, 0.15) is 32.8 Å². The molecular formula is C16H24N2. The molecule has 2 aromatic rings. The molecule has 1 aromatic heterocycles. The molecule has 2 rings (SSSR count). The fourth-order valence-corrected chi connectivity index (χ4v) is 2.25. The van der Waals surface area contributed by atoms with E-state index in [0.29, 0.717) is 5.41 Å². The molecule has 0 spiro atoms. The Morgan fingerprint density at radius 1 is 1.17 bits per heavy atom. The van der Waals surface area contributed by atoms with Gasteiger partial charge >= 0.3 is 0 Å². The first-order valence-corrected chi connectivity index (χ1v) is 6.71. The minimum Gasteiger partial charge on any atom is -0.350 e. The molecule has 1 heterocycles. The zero-order chi connectivity index (χ0) is 13.2. The standard InChI is InChI=1S/C16H24N2/c1-16(2,3)9-10-17-11-13-12-18(4)15-8-6-5-7-14(13)15/h5-8,12,17H,9-11H2,1-4H3. The second-order valence-corrected chi connectivity index (χ2v) is 6.27. The lowest BCUT2D eigenvalue weighted by atomic mass is 9.92. The van der Waals surface area contributed by atoms with Gasteiger partial charge in [0.2, 0.25) is 0 Å². The second kappa shape index (κ2) is 5.15. The molecule has 1 aromatic carbocycles. The largest absolute Gasteiger partial charge is 0.350 e. The van der Waals surface area contributed by atoms with Crippen LogP contribution in [0.4, 0.5) is 0 Å². The van der Waals surface area contributed by atoms with Crippen molar-refractivity contribution in [2.75, 3.05) is 6.54 Å². The first-order valence-electron chi connectivity index (χ1n) is 6.71. The van der Waals surface area contributed by atoms with Crippen LogP contribution in [0.25, 0.3) is 10.9 Å². The molecular weight excluding hydrogens is 220 g/mol. The lowest BCUT2D eigenvalue weighted by Gasteiger charge is -2.17. The topological polar surface area (TPSA) is 17.0 Å². The van der Waals surface area contributed by atoms with Crippen LogP contribution in [-0.2, 0) is 13.6 Å². The van der Waals surface area contributed by atoms with Crippen LogP contribution in [0, 0.1) is 5.41 Å². The van der Waals surface area contributed by atoms with Crippen molar-refractivity contribution < 1.29 is 0 Å². The van der Waals surface area contributed by atoms with E-state index >= 15 is 0 Å².